The van der Waals surface area contributed by atoms with Crippen LogP contribution in [0.1, 0.15) is 17.4 Å². The number of halogens is 1. The van der Waals surface area contributed by atoms with Crippen molar-refractivity contribution in [2.45, 2.75) is 6.92 Å². The first kappa shape index (κ1) is 10.6. The number of nitrogens with two attached hydrogens (primary N) is 1. The van der Waals surface area contributed by atoms with E-state index in [2.05, 4.69) is 26.2 Å². The summed E-state index contributed by atoms with van der Waals surface area (Å²) < 4.78 is 0.659. The Morgan fingerprint density at radius 3 is 2.71 bits per heavy atom. The molecule has 0 aliphatic rings. The van der Waals surface area contributed by atoms with Crippen LogP contribution in [0.15, 0.2) is 16.7 Å². The average molecular weight is 258 g/mol. The molecule has 5 nitrogen and oxygen atoms in total. The molecular weight excluding hydrogens is 250 g/mol. The van der Waals surface area contributed by atoms with E-state index >= 15 is 0 Å². The van der Waals surface area contributed by atoms with Crippen molar-refractivity contribution in [1.29, 1.82) is 0 Å². The molecule has 0 saturated carbocycles. The number of hydrogen-bond acceptors (Lipinski definition) is 3. The van der Waals surface area contributed by atoms with Gasteiger partial charge >= 0.3 is 0 Å². The molecule has 0 aliphatic carbocycles. The first-order valence-corrected chi connectivity index (χ1v) is 4.53. The SMILES string of the molecule is CC(=O)Nc1cc(Br)cnc1C(N)=O. The molecular formula is C8H8BrN3O2. The molecule has 14 heavy (non-hydrogen) atoms. The summed E-state index contributed by atoms with van der Waals surface area (Å²) in [6, 6.07) is 1.56. The summed E-state index contributed by atoms with van der Waals surface area (Å²) in [7, 11) is 0. The maximum Gasteiger partial charge on any atom is 0.269 e. The standard InChI is InChI=1S/C8H8BrN3O2/c1-4(13)12-6-2-5(9)3-11-7(6)8(10)14/h2-3H,1H3,(H2,10,14)(H,12,13). The zero-order valence-corrected chi connectivity index (χ0v) is 8.96. The van der Waals surface area contributed by atoms with E-state index in [9.17, 15) is 9.59 Å². The second-order valence-electron chi connectivity index (χ2n) is 2.60. The molecule has 0 saturated heterocycles. The topological polar surface area (TPSA) is 85.1 Å². The molecule has 2 amide bonds. The Morgan fingerprint density at radius 2 is 2.21 bits per heavy atom. The Morgan fingerprint density at radius 1 is 1.57 bits per heavy atom. The van der Waals surface area contributed by atoms with E-state index in [0.717, 1.165) is 0 Å². The van der Waals surface area contributed by atoms with Crippen LogP contribution in [-0.4, -0.2) is 16.8 Å². The predicted molar refractivity (Wildman–Crippen MR) is 54.8 cm³/mol. The molecule has 1 aromatic rings. The lowest BCUT2D eigenvalue weighted by atomic mass is 10.3. The monoisotopic (exact) mass is 257 g/mol. The van der Waals surface area contributed by atoms with Crippen molar-refractivity contribution >= 4 is 33.4 Å². The first-order chi connectivity index (χ1) is 6.50. The van der Waals surface area contributed by atoms with Gasteiger partial charge in [0, 0.05) is 17.6 Å². The number of hydrogen-bond donors (Lipinski definition) is 2. The summed E-state index contributed by atoms with van der Waals surface area (Å²) in [6.45, 7) is 1.34. The number of aromatic nitrogens is 1. The smallest absolute Gasteiger partial charge is 0.269 e. The molecule has 0 bridgehead atoms. The fourth-order valence-corrected chi connectivity index (χ4v) is 1.25. The fourth-order valence-electron chi connectivity index (χ4n) is 0.921. The first-order valence-electron chi connectivity index (χ1n) is 3.73. The van der Waals surface area contributed by atoms with Crippen LogP contribution in [-0.2, 0) is 4.79 Å². The Kier molecular flexibility index (Phi) is 3.19. The van der Waals surface area contributed by atoms with E-state index in [1.165, 1.54) is 13.1 Å². The van der Waals surface area contributed by atoms with Crippen LogP contribution in [0.4, 0.5) is 5.69 Å². The van der Waals surface area contributed by atoms with Crippen molar-refractivity contribution < 1.29 is 9.59 Å². The fraction of sp³-hybridized carbons (Fsp3) is 0.125. The Bertz CT molecular complexity index is 392. The molecule has 1 aromatic heterocycles. The lowest BCUT2D eigenvalue weighted by Gasteiger charge is -2.05. The predicted octanol–water partition coefficient (Wildman–Crippen LogP) is 0.901. The molecule has 1 rings (SSSR count). The van der Waals surface area contributed by atoms with Crippen molar-refractivity contribution in [3.63, 3.8) is 0 Å². The van der Waals surface area contributed by atoms with E-state index in [-0.39, 0.29) is 11.6 Å². The van der Waals surface area contributed by atoms with Crippen molar-refractivity contribution in [2.24, 2.45) is 5.73 Å². The maximum atomic E-state index is 10.9. The Labute approximate surface area is 88.8 Å². The lowest BCUT2D eigenvalue weighted by Crippen LogP contribution is -2.18. The summed E-state index contributed by atoms with van der Waals surface area (Å²) in [5.41, 5.74) is 5.42. The highest BCUT2D eigenvalue weighted by Crippen LogP contribution is 2.18. The van der Waals surface area contributed by atoms with Gasteiger partial charge in [-0.15, -0.1) is 0 Å². The van der Waals surface area contributed by atoms with Gasteiger partial charge in [-0.05, 0) is 22.0 Å². The molecule has 0 aliphatic heterocycles. The number of carbonyl (C=O) groups is 2. The van der Waals surface area contributed by atoms with Gasteiger partial charge in [-0.2, -0.15) is 0 Å². The van der Waals surface area contributed by atoms with Gasteiger partial charge in [0.05, 0.1) is 5.69 Å². The van der Waals surface area contributed by atoms with Gasteiger partial charge < -0.3 is 11.1 Å². The molecule has 0 fully saturated rings. The number of carbonyl (C=O) groups excluding carboxylic acids is 2. The number of anilines is 1. The quantitative estimate of drug-likeness (QED) is 0.826. The van der Waals surface area contributed by atoms with Crippen molar-refractivity contribution in [3.05, 3.63) is 22.4 Å². The molecule has 74 valence electrons. The molecule has 0 atom stereocenters. The van der Waals surface area contributed by atoms with Gasteiger partial charge in [-0.3, -0.25) is 9.59 Å². The van der Waals surface area contributed by atoms with Gasteiger partial charge in [-0.25, -0.2) is 4.98 Å². The molecule has 1 heterocycles. The maximum absolute atomic E-state index is 10.9. The molecule has 0 aromatic carbocycles. The minimum absolute atomic E-state index is 0.0448. The second kappa shape index (κ2) is 4.19. The minimum Gasteiger partial charge on any atom is -0.364 e. The van der Waals surface area contributed by atoms with Gasteiger partial charge in [0.25, 0.3) is 5.91 Å². The van der Waals surface area contributed by atoms with Crippen LogP contribution < -0.4 is 11.1 Å². The number of primary amides is 1. The third-order valence-electron chi connectivity index (χ3n) is 1.40. The normalized spacial score (nSPS) is 9.57. The summed E-state index contributed by atoms with van der Waals surface area (Å²) in [4.78, 5) is 25.5. The van der Waals surface area contributed by atoms with E-state index in [4.69, 9.17) is 5.73 Å². The van der Waals surface area contributed by atoms with Crippen LogP contribution in [0.3, 0.4) is 0 Å². The van der Waals surface area contributed by atoms with E-state index < -0.39 is 5.91 Å². The minimum atomic E-state index is -0.679. The van der Waals surface area contributed by atoms with Gasteiger partial charge in [-0.1, -0.05) is 0 Å². The van der Waals surface area contributed by atoms with Crippen LogP contribution in [0, 0.1) is 0 Å². The van der Waals surface area contributed by atoms with Crippen molar-refractivity contribution in [3.8, 4) is 0 Å². The van der Waals surface area contributed by atoms with E-state index in [1.807, 2.05) is 0 Å². The van der Waals surface area contributed by atoms with E-state index in [1.54, 1.807) is 6.07 Å². The molecule has 0 spiro atoms. The van der Waals surface area contributed by atoms with Crippen LogP contribution in [0.25, 0.3) is 0 Å². The third-order valence-corrected chi connectivity index (χ3v) is 1.83. The average Bonchev–Trinajstić information content (AvgIpc) is 2.01. The lowest BCUT2D eigenvalue weighted by molar-refractivity contribution is -0.114. The number of nitrogens with one attached hydrogen (secondary N) is 1. The highest BCUT2D eigenvalue weighted by atomic mass is 79.9. The molecule has 6 heteroatoms. The van der Waals surface area contributed by atoms with Crippen LogP contribution in [0.2, 0.25) is 0 Å². The summed E-state index contributed by atoms with van der Waals surface area (Å²) in [5, 5.41) is 2.46. The summed E-state index contributed by atoms with van der Waals surface area (Å²) in [6.07, 6.45) is 1.44. The number of rotatable bonds is 2. The molecule has 3 N–H and O–H groups in total. The van der Waals surface area contributed by atoms with E-state index in [0.29, 0.717) is 10.2 Å². The largest absolute Gasteiger partial charge is 0.364 e. The second-order valence-corrected chi connectivity index (χ2v) is 3.51. The van der Waals surface area contributed by atoms with Gasteiger partial charge in [0.1, 0.15) is 0 Å². The highest BCUT2D eigenvalue weighted by molar-refractivity contribution is 9.10. The highest BCUT2D eigenvalue weighted by Gasteiger charge is 2.10. The van der Waals surface area contributed by atoms with Crippen molar-refractivity contribution in [1.82, 2.24) is 4.98 Å². The number of nitrogens with zero attached hydrogens (tertiary/aromatic N) is 1. The van der Waals surface area contributed by atoms with Crippen molar-refractivity contribution in [2.75, 3.05) is 5.32 Å². The van der Waals surface area contributed by atoms with Crippen LogP contribution >= 0.6 is 15.9 Å². The molecule has 0 radical (unpaired) electrons. The van der Waals surface area contributed by atoms with Crippen LogP contribution in [0.5, 0.6) is 0 Å². The Hall–Kier alpha value is -1.43. The zero-order chi connectivity index (χ0) is 10.7. The summed E-state index contributed by atoms with van der Waals surface area (Å²) in [5.74, 6) is -0.964. The number of pyridine rings is 1. The molecule has 0 unspecified atom stereocenters. The summed E-state index contributed by atoms with van der Waals surface area (Å²) >= 11 is 3.17. The third kappa shape index (κ3) is 2.53. The number of amides is 2. The van der Waals surface area contributed by atoms with Gasteiger partial charge in [0.15, 0.2) is 5.69 Å². The zero-order valence-electron chi connectivity index (χ0n) is 7.37. The Balaban J connectivity index is 3.15. The van der Waals surface area contributed by atoms with Gasteiger partial charge in [0.2, 0.25) is 5.91 Å².